The number of hydrogen-bond acceptors (Lipinski definition) is 4. The van der Waals surface area contributed by atoms with Gasteiger partial charge in [0, 0.05) is 14.9 Å². The molecule has 4 rings (SSSR count). The van der Waals surface area contributed by atoms with Crippen molar-refractivity contribution in [1.29, 1.82) is 0 Å². The van der Waals surface area contributed by atoms with E-state index in [-0.39, 0.29) is 18.2 Å². The number of aromatic hydroxyl groups is 1. The van der Waals surface area contributed by atoms with Crippen LogP contribution in [0.25, 0.3) is 10.9 Å². The average Bonchev–Trinajstić information content (AvgIpc) is 3.07. The fraction of sp³-hybridized carbons (Fsp3) is 0.192. The molecule has 0 saturated carbocycles. The Morgan fingerprint density at radius 3 is 2.47 bits per heavy atom. The van der Waals surface area contributed by atoms with Gasteiger partial charge in [0.2, 0.25) is 5.88 Å². The molecule has 0 unspecified atom stereocenters. The third-order valence-corrected chi connectivity index (χ3v) is 6.14. The highest BCUT2D eigenvalue weighted by molar-refractivity contribution is 9.10. The number of azo groups is 1. The largest absolute Gasteiger partial charge is 0.493 e. The molecule has 0 aliphatic rings. The molecule has 1 aromatic heterocycles. The van der Waals surface area contributed by atoms with Gasteiger partial charge in [-0.05, 0) is 59.5 Å². The van der Waals surface area contributed by atoms with Gasteiger partial charge in [0.25, 0.3) is 0 Å². The maximum absolute atomic E-state index is 12.3. The Morgan fingerprint density at radius 2 is 1.79 bits per heavy atom. The number of aromatic nitrogens is 1. The number of carbonyl (C=O) groups excluding carboxylic acids is 1. The van der Waals surface area contributed by atoms with Crippen molar-refractivity contribution >= 4 is 50.0 Å². The van der Waals surface area contributed by atoms with Crippen LogP contribution in [0.1, 0.15) is 30.9 Å². The van der Waals surface area contributed by atoms with Crippen LogP contribution >= 0.6 is 27.5 Å². The van der Waals surface area contributed by atoms with Gasteiger partial charge < -0.3 is 14.4 Å². The smallest absolute Gasteiger partial charge is 0.302 e. The highest BCUT2D eigenvalue weighted by Crippen LogP contribution is 2.40. The maximum Gasteiger partial charge on any atom is 0.302 e. The van der Waals surface area contributed by atoms with Crippen molar-refractivity contribution in [3.8, 4) is 11.6 Å². The Balaban J connectivity index is 1.54. The Bertz CT molecular complexity index is 1350. The summed E-state index contributed by atoms with van der Waals surface area (Å²) in [6, 6.07) is 20.6. The van der Waals surface area contributed by atoms with Gasteiger partial charge >= 0.3 is 5.91 Å². The molecule has 1 heterocycles. The van der Waals surface area contributed by atoms with E-state index in [9.17, 15) is 9.90 Å². The minimum Gasteiger partial charge on any atom is -0.493 e. The standard InChI is InChI=1S/C26H23BrClN3O3/c1-16(2)18-5-10-21(11-6-18)34-15-24(32)29-30-25-22-13-19(27)7-12-23(22)31(26(25)33)14-17-3-8-20(28)9-4-17/h3-13,16,33H,14-15H2,1-2H3. The van der Waals surface area contributed by atoms with E-state index in [0.29, 0.717) is 28.6 Å². The Hall–Kier alpha value is -3.16. The molecule has 34 heavy (non-hydrogen) atoms. The zero-order valence-electron chi connectivity index (χ0n) is 18.7. The van der Waals surface area contributed by atoms with Crippen molar-refractivity contribution < 1.29 is 14.6 Å². The van der Waals surface area contributed by atoms with Crippen molar-refractivity contribution in [2.24, 2.45) is 10.2 Å². The predicted molar refractivity (Wildman–Crippen MR) is 137 cm³/mol. The second-order valence-electron chi connectivity index (χ2n) is 8.15. The second-order valence-corrected chi connectivity index (χ2v) is 9.50. The molecule has 0 aliphatic heterocycles. The first-order valence-corrected chi connectivity index (χ1v) is 11.9. The normalized spacial score (nSPS) is 11.6. The Kier molecular flexibility index (Phi) is 7.34. The van der Waals surface area contributed by atoms with Crippen molar-refractivity contribution in [3.05, 3.63) is 87.4 Å². The monoisotopic (exact) mass is 539 g/mol. The fourth-order valence-electron chi connectivity index (χ4n) is 3.56. The first kappa shape index (κ1) is 24.0. The van der Waals surface area contributed by atoms with Crippen LogP contribution in [0.15, 0.2) is 81.4 Å². The van der Waals surface area contributed by atoms with Crippen LogP contribution < -0.4 is 4.74 Å². The van der Waals surface area contributed by atoms with E-state index in [2.05, 4.69) is 40.0 Å². The van der Waals surface area contributed by atoms with Gasteiger partial charge in [-0.15, -0.1) is 10.2 Å². The summed E-state index contributed by atoms with van der Waals surface area (Å²) < 4.78 is 8.07. The summed E-state index contributed by atoms with van der Waals surface area (Å²) >= 11 is 9.44. The van der Waals surface area contributed by atoms with Crippen LogP contribution in [0.5, 0.6) is 11.6 Å². The molecule has 174 valence electrons. The lowest BCUT2D eigenvalue weighted by molar-refractivity contribution is -0.120. The zero-order valence-corrected chi connectivity index (χ0v) is 21.0. The van der Waals surface area contributed by atoms with Crippen LogP contribution in [0.4, 0.5) is 5.69 Å². The quantitative estimate of drug-likeness (QED) is 0.245. The molecule has 0 radical (unpaired) electrons. The summed E-state index contributed by atoms with van der Waals surface area (Å²) in [5.74, 6) is 0.365. The van der Waals surface area contributed by atoms with E-state index in [1.807, 2.05) is 54.6 Å². The molecule has 1 amide bonds. The summed E-state index contributed by atoms with van der Waals surface area (Å²) in [7, 11) is 0. The zero-order chi connectivity index (χ0) is 24.2. The molecule has 8 heteroatoms. The van der Waals surface area contributed by atoms with E-state index in [4.69, 9.17) is 16.3 Å². The van der Waals surface area contributed by atoms with E-state index in [0.717, 1.165) is 15.6 Å². The molecule has 0 spiro atoms. The van der Waals surface area contributed by atoms with Crippen molar-refractivity contribution in [1.82, 2.24) is 4.57 Å². The predicted octanol–water partition coefficient (Wildman–Crippen LogP) is 7.62. The number of ether oxygens (including phenoxy) is 1. The summed E-state index contributed by atoms with van der Waals surface area (Å²) in [4.78, 5) is 12.3. The van der Waals surface area contributed by atoms with Crippen LogP contribution in [-0.2, 0) is 11.3 Å². The Morgan fingerprint density at radius 1 is 1.09 bits per heavy atom. The number of nitrogens with zero attached hydrogens (tertiary/aromatic N) is 3. The first-order chi connectivity index (χ1) is 16.3. The molecule has 1 N–H and O–H groups in total. The van der Waals surface area contributed by atoms with Crippen molar-refractivity contribution in [2.45, 2.75) is 26.3 Å². The van der Waals surface area contributed by atoms with Crippen molar-refractivity contribution in [2.75, 3.05) is 6.61 Å². The maximum atomic E-state index is 12.3. The molecule has 0 fully saturated rings. The van der Waals surface area contributed by atoms with Gasteiger partial charge in [0.1, 0.15) is 5.75 Å². The lowest BCUT2D eigenvalue weighted by Gasteiger charge is -2.07. The highest BCUT2D eigenvalue weighted by atomic mass is 79.9. The SMILES string of the molecule is CC(C)c1ccc(OCC(=O)N=Nc2c(O)n(Cc3ccc(Cl)cc3)c3ccc(Br)cc23)cc1. The number of amides is 1. The number of fused-ring (bicyclic) bond motifs is 1. The third-order valence-electron chi connectivity index (χ3n) is 5.40. The summed E-state index contributed by atoms with van der Waals surface area (Å²) in [6.45, 7) is 4.37. The lowest BCUT2D eigenvalue weighted by atomic mass is 10.0. The second kappa shape index (κ2) is 10.4. The number of carbonyl (C=O) groups is 1. The number of hydrogen-bond donors (Lipinski definition) is 1. The van der Waals surface area contributed by atoms with Gasteiger partial charge in [-0.1, -0.05) is 65.6 Å². The summed E-state index contributed by atoms with van der Waals surface area (Å²) in [6.07, 6.45) is 0. The molecule has 4 aromatic rings. The van der Waals surface area contributed by atoms with Crippen LogP contribution in [0, 0.1) is 0 Å². The first-order valence-electron chi connectivity index (χ1n) is 10.7. The number of halogens is 2. The van der Waals surface area contributed by atoms with E-state index in [1.165, 1.54) is 5.56 Å². The van der Waals surface area contributed by atoms with Crippen LogP contribution in [-0.4, -0.2) is 22.2 Å². The highest BCUT2D eigenvalue weighted by Gasteiger charge is 2.18. The summed E-state index contributed by atoms with van der Waals surface area (Å²) in [5.41, 5.74) is 3.13. The van der Waals surface area contributed by atoms with Gasteiger partial charge in [0.15, 0.2) is 12.3 Å². The van der Waals surface area contributed by atoms with E-state index < -0.39 is 5.91 Å². The molecule has 3 aromatic carbocycles. The minimum absolute atomic E-state index is 0.0789. The molecule has 0 bridgehead atoms. The average molecular weight is 541 g/mol. The van der Waals surface area contributed by atoms with Gasteiger partial charge in [-0.3, -0.25) is 4.79 Å². The molecular weight excluding hydrogens is 518 g/mol. The number of rotatable bonds is 7. The van der Waals surface area contributed by atoms with Gasteiger partial charge in [0.05, 0.1) is 12.1 Å². The summed E-state index contributed by atoms with van der Waals surface area (Å²) in [5, 5.41) is 20.1. The lowest BCUT2D eigenvalue weighted by Crippen LogP contribution is -2.07. The van der Waals surface area contributed by atoms with E-state index in [1.54, 1.807) is 16.7 Å². The van der Waals surface area contributed by atoms with Crippen LogP contribution in [0.3, 0.4) is 0 Å². The molecule has 0 atom stereocenters. The Labute approximate surface area is 211 Å². The van der Waals surface area contributed by atoms with Crippen LogP contribution in [0.2, 0.25) is 5.02 Å². The molecule has 0 saturated heterocycles. The number of benzene rings is 3. The third kappa shape index (κ3) is 5.48. The topological polar surface area (TPSA) is 76.2 Å². The minimum atomic E-state index is -0.555. The molecule has 6 nitrogen and oxygen atoms in total. The van der Waals surface area contributed by atoms with Crippen molar-refractivity contribution in [3.63, 3.8) is 0 Å². The molecular formula is C26H23BrClN3O3. The van der Waals surface area contributed by atoms with Gasteiger partial charge in [-0.2, -0.15) is 0 Å². The van der Waals surface area contributed by atoms with E-state index >= 15 is 0 Å². The molecule has 0 aliphatic carbocycles. The fourth-order valence-corrected chi connectivity index (χ4v) is 4.04. The van der Waals surface area contributed by atoms with Gasteiger partial charge in [-0.25, -0.2) is 0 Å².